The Morgan fingerprint density at radius 3 is 2.74 bits per heavy atom. The van der Waals surface area contributed by atoms with Gasteiger partial charge in [0.15, 0.2) is 0 Å². The lowest BCUT2D eigenvalue weighted by molar-refractivity contribution is -0.119. The first kappa shape index (κ1) is 15.4. The first-order valence-corrected chi connectivity index (χ1v) is 9.91. The number of hydrogen-bond donors (Lipinski definition) is 1. The van der Waals surface area contributed by atoms with Crippen LogP contribution in [0.5, 0.6) is 0 Å². The number of amides is 2. The zero-order chi connectivity index (χ0) is 16.0. The van der Waals surface area contributed by atoms with Crippen LogP contribution >= 0.6 is 11.8 Å². The maximum Gasteiger partial charge on any atom is 0.282 e. The van der Waals surface area contributed by atoms with E-state index < -0.39 is 0 Å². The van der Waals surface area contributed by atoms with E-state index in [1.165, 1.54) is 17.5 Å². The van der Waals surface area contributed by atoms with Crippen LogP contribution in [-0.2, 0) is 4.79 Å². The normalized spacial score (nSPS) is 32.2. The van der Waals surface area contributed by atoms with Crippen LogP contribution < -0.4 is 5.32 Å². The number of piperidine rings is 1. The second-order valence-electron chi connectivity index (χ2n) is 7.48. The molecule has 126 valence electrons. The Balaban J connectivity index is 1.43. The van der Waals surface area contributed by atoms with Gasteiger partial charge in [-0.3, -0.25) is 9.59 Å². The predicted molar refractivity (Wildman–Crippen MR) is 91.1 cm³/mol. The van der Waals surface area contributed by atoms with Crippen LogP contribution in [-0.4, -0.2) is 58.9 Å². The minimum atomic E-state index is 0.211. The molecule has 1 spiro atoms. The highest BCUT2D eigenvalue weighted by Gasteiger charge is 2.44. The van der Waals surface area contributed by atoms with E-state index in [1.807, 2.05) is 6.26 Å². The Hall–Kier alpha value is -1.17. The van der Waals surface area contributed by atoms with Crippen LogP contribution in [0, 0.1) is 5.41 Å². The Kier molecular flexibility index (Phi) is 3.82. The second-order valence-corrected chi connectivity index (χ2v) is 8.24. The number of fused-ring (bicyclic) bond motifs is 2. The third kappa shape index (κ3) is 2.65. The molecular formula is C17H25N3O2S. The number of hydrogen-bond acceptors (Lipinski definition) is 4. The number of carbonyl (C=O) groups excluding carboxylic acids is 2. The van der Waals surface area contributed by atoms with E-state index in [0.29, 0.717) is 18.5 Å². The topological polar surface area (TPSA) is 52.7 Å². The lowest BCUT2D eigenvalue weighted by Gasteiger charge is -2.43. The molecule has 0 radical (unpaired) electrons. The van der Waals surface area contributed by atoms with Crippen molar-refractivity contribution in [3.63, 3.8) is 0 Å². The third-order valence-electron chi connectivity index (χ3n) is 6.19. The van der Waals surface area contributed by atoms with Crippen molar-refractivity contribution < 1.29 is 9.59 Å². The lowest BCUT2D eigenvalue weighted by Crippen LogP contribution is -2.46. The Morgan fingerprint density at radius 2 is 2.13 bits per heavy atom. The summed E-state index contributed by atoms with van der Waals surface area (Å²) in [7, 11) is 0. The fourth-order valence-electron chi connectivity index (χ4n) is 4.81. The summed E-state index contributed by atoms with van der Waals surface area (Å²) in [5, 5.41) is 3.23. The predicted octanol–water partition coefficient (Wildman–Crippen LogP) is 2.19. The summed E-state index contributed by atoms with van der Waals surface area (Å²) < 4.78 is 0. The van der Waals surface area contributed by atoms with Crippen LogP contribution in [0.3, 0.4) is 0 Å². The van der Waals surface area contributed by atoms with E-state index in [9.17, 15) is 9.59 Å². The van der Waals surface area contributed by atoms with Crippen molar-refractivity contribution in [1.29, 1.82) is 0 Å². The molecule has 3 fully saturated rings. The molecule has 4 aliphatic rings. The number of nitrogens with one attached hydrogen (secondary N) is 1. The van der Waals surface area contributed by atoms with Crippen LogP contribution in [0.2, 0.25) is 0 Å². The minimum absolute atomic E-state index is 0.211. The molecule has 5 nitrogen and oxygen atoms in total. The molecule has 2 unspecified atom stereocenters. The first-order chi connectivity index (χ1) is 11.1. The summed E-state index contributed by atoms with van der Waals surface area (Å²) in [4.78, 5) is 28.3. The lowest BCUT2D eigenvalue weighted by atomic mass is 9.77. The molecule has 4 rings (SSSR count). The zero-order valence-electron chi connectivity index (χ0n) is 13.7. The third-order valence-corrected chi connectivity index (χ3v) is 6.75. The SMILES string of the molecule is CSC(=O)N1C2C=C(N3CCC4(CC3)CNC(=O)C4)CC1CC2. The van der Waals surface area contributed by atoms with E-state index in [1.54, 1.807) is 0 Å². The van der Waals surface area contributed by atoms with E-state index in [2.05, 4.69) is 21.2 Å². The van der Waals surface area contributed by atoms with Gasteiger partial charge in [0, 0.05) is 44.2 Å². The van der Waals surface area contributed by atoms with Gasteiger partial charge in [0.1, 0.15) is 0 Å². The Labute approximate surface area is 141 Å². The van der Waals surface area contributed by atoms with E-state index in [4.69, 9.17) is 0 Å². The number of carbonyl (C=O) groups is 2. The fraction of sp³-hybridized carbons (Fsp3) is 0.765. The molecule has 0 aromatic rings. The molecule has 2 atom stereocenters. The Bertz CT molecular complexity index is 554. The molecule has 0 aromatic carbocycles. The molecule has 23 heavy (non-hydrogen) atoms. The van der Waals surface area contributed by atoms with E-state index in [-0.39, 0.29) is 16.6 Å². The summed E-state index contributed by atoms with van der Waals surface area (Å²) in [5.41, 5.74) is 1.65. The van der Waals surface area contributed by atoms with Gasteiger partial charge in [-0.1, -0.05) is 11.8 Å². The molecule has 4 aliphatic heterocycles. The molecule has 4 heterocycles. The number of likely N-dealkylation sites (tertiary alicyclic amines) is 1. The maximum absolute atomic E-state index is 12.1. The van der Waals surface area contributed by atoms with E-state index >= 15 is 0 Å². The van der Waals surface area contributed by atoms with Crippen LogP contribution in [0.1, 0.15) is 38.5 Å². The summed E-state index contributed by atoms with van der Waals surface area (Å²) in [6.45, 7) is 2.97. The largest absolute Gasteiger partial charge is 0.375 e. The highest BCUT2D eigenvalue weighted by atomic mass is 32.2. The highest BCUT2D eigenvalue weighted by Crippen LogP contribution is 2.42. The van der Waals surface area contributed by atoms with Crippen molar-refractivity contribution in [2.45, 2.75) is 50.6 Å². The molecule has 2 amide bonds. The van der Waals surface area contributed by atoms with Crippen molar-refractivity contribution in [3.8, 4) is 0 Å². The van der Waals surface area contributed by atoms with Crippen LogP contribution in [0.25, 0.3) is 0 Å². The molecule has 0 aliphatic carbocycles. The van der Waals surface area contributed by atoms with Gasteiger partial charge in [0.05, 0.1) is 6.04 Å². The Morgan fingerprint density at radius 1 is 1.35 bits per heavy atom. The average molecular weight is 335 g/mol. The maximum atomic E-state index is 12.1. The quantitative estimate of drug-likeness (QED) is 0.798. The van der Waals surface area contributed by atoms with Crippen molar-refractivity contribution in [2.75, 3.05) is 25.9 Å². The zero-order valence-corrected chi connectivity index (χ0v) is 14.5. The van der Waals surface area contributed by atoms with E-state index in [0.717, 1.165) is 51.7 Å². The molecule has 6 heteroatoms. The van der Waals surface area contributed by atoms with Gasteiger partial charge in [0.2, 0.25) is 5.91 Å². The molecule has 0 aromatic heterocycles. The van der Waals surface area contributed by atoms with Crippen LogP contribution in [0.15, 0.2) is 11.8 Å². The first-order valence-electron chi connectivity index (χ1n) is 8.69. The fourth-order valence-corrected chi connectivity index (χ4v) is 5.30. The van der Waals surface area contributed by atoms with Gasteiger partial charge in [-0.25, -0.2) is 0 Å². The average Bonchev–Trinajstić information content (AvgIpc) is 3.04. The number of thioether (sulfide) groups is 1. The summed E-state index contributed by atoms with van der Waals surface area (Å²) in [5.74, 6) is 0.222. The van der Waals surface area contributed by atoms with Crippen molar-refractivity contribution >= 4 is 22.9 Å². The van der Waals surface area contributed by atoms with Crippen molar-refractivity contribution in [2.24, 2.45) is 5.41 Å². The van der Waals surface area contributed by atoms with Gasteiger partial charge in [0.25, 0.3) is 5.24 Å². The van der Waals surface area contributed by atoms with Gasteiger partial charge in [-0.15, -0.1) is 0 Å². The molecule has 3 saturated heterocycles. The van der Waals surface area contributed by atoms with Crippen molar-refractivity contribution in [3.05, 3.63) is 11.8 Å². The van der Waals surface area contributed by atoms with Gasteiger partial charge < -0.3 is 15.1 Å². The second kappa shape index (κ2) is 5.72. The number of rotatable bonds is 1. The highest BCUT2D eigenvalue weighted by molar-refractivity contribution is 8.12. The molecule has 0 saturated carbocycles. The molecular weight excluding hydrogens is 310 g/mol. The monoisotopic (exact) mass is 335 g/mol. The van der Waals surface area contributed by atoms with Gasteiger partial charge in [-0.05, 0) is 43.4 Å². The van der Waals surface area contributed by atoms with Gasteiger partial charge >= 0.3 is 0 Å². The summed E-state index contributed by atoms with van der Waals surface area (Å²) in [6.07, 6.45) is 10.4. The summed E-state index contributed by atoms with van der Waals surface area (Å²) >= 11 is 1.33. The molecule has 1 N–H and O–H groups in total. The number of nitrogens with zero attached hydrogens (tertiary/aromatic N) is 2. The molecule has 2 bridgehead atoms. The standard InChI is InChI=1S/C17H25N3O2S/c1-23-16(22)20-12-2-3-13(20)9-14(8-12)19-6-4-17(5-7-19)10-15(21)18-11-17/h8,12-13H,2-7,9-11H2,1H3,(H,18,21). The van der Waals surface area contributed by atoms with Gasteiger partial charge in [-0.2, -0.15) is 0 Å². The summed E-state index contributed by atoms with van der Waals surface area (Å²) in [6, 6.07) is 0.694. The van der Waals surface area contributed by atoms with Crippen LogP contribution in [0.4, 0.5) is 4.79 Å². The smallest absolute Gasteiger partial charge is 0.282 e. The van der Waals surface area contributed by atoms with Crippen molar-refractivity contribution in [1.82, 2.24) is 15.1 Å². The minimum Gasteiger partial charge on any atom is -0.375 e.